The fraction of sp³-hybridized carbons (Fsp3) is 0.417. The largest absolute Gasteiger partial charge is 0.507 e. The molecule has 1 aromatic carbocycles. The molecule has 17 heavy (non-hydrogen) atoms. The van der Waals surface area contributed by atoms with Crippen molar-refractivity contribution >= 4 is 28.5 Å². The van der Waals surface area contributed by atoms with E-state index in [4.69, 9.17) is 0 Å². The number of carbonyl (C=O) groups is 1. The first-order chi connectivity index (χ1) is 8.16. The second-order valence-electron chi connectivity index (χ2n) is 4.15. The van der Waals surface area contributed by atoms with Gasteiger partial charge in [-0.25, -0.2) is 0 Å². The predicted octanol–water partition coefficient (Wildman–Crippen LogP) is 1.48. The molecule has 1 aliphatic rings. The highest BCUT2D eigenvalue weighted by Crippen LogP contribution is 2.19. The summed E-state index contributed by atoms with van der Waals surface area (Å²) in [4.78, 5) is 11.8. The molecule has 1 saturated carbocycles. The highest BCUT2D eigenvalue weighted by Gasteiger charge is 2.19. The molecule has 0 radical (unpaired) electrons. The summed E-state index contributed by atoms with van der Waals surface area (Å²) in [6, 6.07) is 5.64. The lowest BCUT2D eigenvalue weighted by Crippen LogP contribution is -2.32. The number of phenols is 1. The first-order valence-electron chi connectivity index (χ1n) is 5.67. The number of phenolic OH excluding ortho intramolecular Hbond substituents is 1. The van der Waals surface area contributed by atoms with Crippen LogP contribution in [0.4, 0.5) is 0 Å². The number of nitrogens with one attached hydrogen (secondary N) is 2. The average Bonchev–Trinajstić information content (AvgIpc) is 3.11. The molecule has 1 amide bonds. The minimum Gasteiger partial charge on any atom is -0.507 e. The summed E-state index contributed by atoms with van der Waals surface area (Å²) in [6.45, 7) is 1.36. The van der Waals surface area contributed by atoms with Crippen LogP contribution in [0.5, 0.6) is 5.75 Å². The Hall–Kier alpha value is -0.820. The van der Waals surface area contributed by atoms with Crippen molar-refractivity contribution in [1.29, 1.82) is 0 Å². The Balaban J connectivity index is 1.82. The molecule has 3 N–H and O–H groups in total. The molecule has 0 spiro atoms. The third-order valence-corrected chi connectivity index (χ3v) is 3.30. The Morgan fingerprint density at radius 1 is 1.41 bits per heavy atom. The fourth-order valence-corrected chi connectivity index (χ4v) is 2.02. The lowest BCUT2D eigenvalue weighted by atomic mass is 10.2. The topological polar surface area (TPSA) is 61.4 Å². The van der Waals surface area contributed by atoms with Crippen molar-refractivity contribution in [3.05, 3.63) is 27.3 Å². The van der Waals surface area contributed by atoms with Gasteiger partial charge in [-0.05, 0) is 53.6 Å². The summed E-state index contributed by atoms with van der Waals surface area (Å²) in [5.41, 5.74) is 0.336. The maximum absolute atomic E-state index is 11.8. The minimum absolute atomic E-state index is 0.0260. The van der Waals surface area contributed by atoms with Crippen molar-refractivity contribution in [2.24, 2.45) is 0 Å². The first kappa shape index (κ1) is 12.6. The van der Waals surface area contributed by atoms with Crippen molar-refractivity contribution in [2.45, 2.75) is 18.9 Å². The van der Waals surface area contributed by atoms with Gasteiger partial charge in [-0.3, -0.25) is 4.79 Å². The molecule has 0 bridgehead atoms. The van der Waals surface area contributed by atoms with Crippen LogP contribution in [-0.2, 0) is 0 Å². The van der Waals surface area contributed by atoms with Gasteiger partial charge in [0.05, 0.1) is 5.56 Å². The van der Waals surface area contributed by atoms with Crippen LogP contribution in [0, 0.1) is 3.57 Å². The second-order valence-corrected chi connectivity index (χ2v) is 5.39. The Morgan fingerprint density at radius 2 is 2.18 bits per heavy atom. The van der Waals surface area contributed by atoms with Gasteiger partial charge in [0.2, 0.25) is 0 Å². The van der Waals surface area contributed by atoms with E-state index in [2.05, 4.69) is 33.2 Å². The average molecular weight is 346 g/mol. The van der Waals surface area contributed by atoms with Gasteiger partial charge in [0.1, 0.15) is 5.75 Å². The van der Waals surface area contributed by atoms with Crippen molar-refractivity contribution in [2.75, 3.05) is 13.1 Å². The number of hydrogen-bond acceptors (Lipinski definition) is 3. The van der Waals surface area contributed by atoms with Crippen molar-refractivity contribution in [3.63, 3.8) is 0 Å². The normalized spacial score (nSPS) is 14.6. The van der Waals surface area contributed by atoms with Crippen LogP contribution in [0.3, 0.4) is 0 Å². The van der Waals surface area contributed by atoms with Crippen LogP contribution < -0.4 is 10.6 Å². The van der Waals surface area contributed by atoms with Crippen LogP contribution in [-0.4, -0.2) is 30.1 Å². The molecule has 1 aliphatic carbocycles. The third kappa shape index (κ3) is 3.85. The number of aromatic hydroxyl groups is 1. The van der Waals surface area contributed by atoms with Gasteiger partial charge in [0, 0.05) is 22.7 Å². The molecule has 5 heteroatoms. The van der Waals surface area contributed by atoms with Gasteiger partial charge in [0.15, 0.2) is 0 Å². The molecule has 0 unspecified atom stereocenters. The highest BCUT2D eigenvalue weighted by molar-refractivity contribution is 14.1. The second kappa shape index (κ2) is 5.68. The summed E-state index contributed by atoms with van der Waals surface area (Å²) in [5, 5.41) is 15.7. The van der Waals surface area contributed by atoms with Gasteiger partial charge < -0.3 is 15.7 Å². The van der Waals surface area contributed by atoms with Gasteiger partial charge in [-0.1, -0.05) is 0 Å². The number of amides is 1. The van der Waals surface area contributed by atoms with E-state index in [0.717, 1.165) is 10.1 Å². The van der Waals surface area contributed by atoms with E-state index in [-0.39, 0.29) is 11.7 Å². The highest BCUT2D eigenvalue weighted by atomic mass is 127. The third-order valence-electron chi connectivity index (χ3n) is 2.62. The molecule has 0 aromatic heterocycles. The summed E-state index contributed by atoms with van der Waals surface area (Å²) in [6.07, 6.45) is 2.48. The lowest BCUT2D eigenvalue weighted by molar-refractivity contribution is 0.0951. The molecule has 92 valence electrons. The van der Waals surface area contributed by atoms with Crippen LogP contribution in [0.25, 0.3) is 0 Å². The molecular formula is C12H15IN2O2. The Labute approximate surface area is 114 Å². The molecule has 1 fully saturated rings. The van der Waals surface area contributed by atoms with Crippen molar-refractivity contribution < 1.29 is 9.90 Å². The monoisotopic (exact) mass is 346 g/mol. The minimum atomic E-state index is -0.224. The van der Waals surface area contributed by atoms with E-state index in [1.165, 1.54) is 12.8 Å². The smallest absolute Gasteiger partial charge is 0.255 e. The number of rotatable bonds is 5. The zero-order chi connectivity index (χ0) is 12.3. The van der Waals surface area contributed by atoms with E-state index < -0.39 is 0 Å². The number of carbonyl (C=O) groups excluding carboxylic acids is 1. The fourth-order valence-electron chi connectivity index (χ4n) is 1.53. The zero-order valence-electron chi connectivity index (χ0n) is 9.37. The Kier molecular flexibility index (Phi) is 4.22. The number of hydrogen-bond donors (Lipinski definition) is 3. The zero-order valence-corrected chi connectivity index (χ0v) is 11.5. The molecule has 2 rings (SSSR count). The van der Waals surface area contributed by atoms with Gasteiger partial charge >= 0.3 is 0 Å². The number of benzene rings is 1. The summed E-state index contributed by atoms with van der Waals surface area (Å²) in [5.74, 6) is -0.198. The van der Waals surface area contributed by atoms with Gasteiger partial charge in [-0.2, -0.15) is 0 Å². The van der Waals surface area contributed by atoms with Crippen LogP contribution in [0.15, 0.2) is 18.2 Å². The van der Waals surface area contributed by atoms with Crippen LogP contribution in [0.2, 0.25) is 0 Å². The summed E-state index contributed by atoms with van der Waals surface area (Å²) < 4.78 is 0.932. The molecule has 1 aromatic rings. The van der Waals surface area contributed by atoms with Crippen molar-refractivity contribution in [3.8, 4) is 5.75 Å². The summed E-state index contributed by atoms with van der Waals surface area (Å²) in [7, 11) is 0. The maximum Gasteiger partial charge on any atom is 0.255 e. The standard InChI is InChI=1S/C12H15IN2O2/c13-8-1-4-11(16)10(7-8)12(17)15-6-5-14-9-2-3-9/h1,4,7,9,14,16H,2-3,5-6H2,(H,15,17). The predicted molar refractivity (Wildman–Crippen MR) is 74.2 cm³/mol. The molecule has 4 nitrogen and oxygen atoms in total. The quantitative estimate of drug-likeness (QED) is 0.559. The number of halogens is 1. The first-order valence-corrected chi connectivity index (χ1v) is 6.75. The molecule has 0 heterocycles. The van der Waals surface area contributed by atoms with Gasteiger partial charge in [-0.15, -0.1) is 0 Å². The molecule has 0 aliphatic heterocycles. The van der Waals surface area contributed by atoms with Gasteiger partial charge in [0.25, 0.3) is 5.91 Å². The van der Waals surface area contributed by atoms with E-state index in [0.29, 0.717) is 18.2 Å². The van der Waals surface area contributed by atoms with E-state index in [9.17, 15) is 9.90 Å². The molecule has 0 saturated heterocycles. The Bertz CT molecular complexity index is 419. The molecular weight excluding hydrogens is 331 g/mol. The Morgan fingerprint density at radius 3 is 2.88 bits per heavy atom. The SMILES string of the molecule is O=C(NCCNC1CC1)c1cc(I)ccc1O. The van der Waals surface area contributed by atoms with E-state index >= 15 is 0 Å². The van der Waals surface area contributed by atoms with Crippen LogP contribution in [0.1, 0.15) is 23.2 Å². The van der Waals surface area contributed by atoms with Crippen LogP contribution >= 0.6 is 22.6 Å². The lowest BCUT2D eigenvalue weighted by Gasteiger charge is -2.07. The summed E-state index contributed by atoms with van der Waals surface area (Å²) >= 11 is 2.11. The maximum atomic E-state index is 11.8. The molecule has 0 atom stereocenters. The van der Waals surface area contributed by atoms with E-state index in [1.54, 1.807) is 18.2 Å². The van der Waals surface area contributed by atoms with Crippen molar-refractivity contribution in [1.82, 2.24) is 10.6 Å². The van der Waals surface area contributed by atoms with E-state index in [1.807, 2.05) is 0 Å².